The normalized spacial score (nSPS) is 10.8. The molecule has 1 heterocycles. The summed E-state index contributed by atoms with van der Waals surface area (Å²) in [6.45, 7) is 3.39. The van der Waals surface area contributed by atoms with Gasteiger partial charge in [-0.05, 0) is 79.6 Å². The quantitative estimate of drug-likeness (QED) is 0.231. The van der Waals surface area contributed by atoms with E-state index < -0.39 is 5.91 Å². The Balaban J connectivity index is 1.62. The lowest BCUT2D eigenvalue weighted by atomic mass is 10.1. The van der Waals surface area contributed by atoms with E-state index in [1.807, 2.05) is 61.5 Å². The second kappa shape index (κ2) is 11.9. The van der Waals surface area contributed by atoms with Crippen molar-refractivity contribution in [2.75, 3.05) is 17.2 Å². The van der Waals surface area contributed by atoms with Gasteiger partial charge >= 0.3 is 0 Å². The molecule has 7 nitrogen and oxygen atoms in total. The van der Waals surface area contributed by atoms with Crippen LogP contribution in [0.2, 0.25) is 0 Å². The van der Waals surface area contributed by atoms with Crippen LogP contribution in [0.3, 0.4) is 0 Å². The van der Waals surface area contributed by atoms with Crippen LogP contribution in [-0.4, -0.2) is 27.4 Å². The number of nitrogens with zero attached hydrogens (tertiary/aromatic N) is 1. The van der Waals surface area contributed by atoms with E-state index in [1.165, 1.54) is 0 Å². The largest absolute Gasteiger partial charge is 0.497 e. The van der Waals surface area contributed by atoms with Crippen LogP contribution >= 0.6 is 24.4 Å². The summed E-state index contributed by atoms with van der Waals surface area (Å²) in [5.41, 5.74) is 3.91. The molecule has 0 spiro atoms. The van der Waals surface area contributed by atoms with Crippen LogP contribution in [0, 0.1) is 9.54 Å². The molecule has 0 aliphatic carbocycles. The Hall–Kier alpha value is -3.30. The van der Waals surface area contributed by atoms with Crippen LogP contribution in [0.5, 0.6) is 0 Å². The third-order valence-corrected chi connectivity index (χ3v) is 4.87. The van der Waals surface area contributed by atoms with Gasteiger partial charge in [-0.1, -0.05) is 30.3 Å². The number of hydrogen-bond donors (Lipinski definition) is 4. The smallest absolute Gasteiger partial charge is 0.291 e. The van der Waals surface area contributed by atoms with Crippen molar-refractivity contribution in [3.05, 3.63) is 87.4 Å². The van der Waals surface area contributed by atoms with Gasteiger partial charge in [-0.25, -0.2) is 0 Å². The van der Waals surface area contributed by atoms with E-state index in [4.69, 9.17) is 29.2 Å². The van der Waals surface area contributed by atoms with Gasteiger partial charge in [-0.3, -0.25) is 4.79 Å². The fraction of sp³-hybridized carbons (Fsp3) is 0.217. The first-order valence-corrected chi connectivity index (χ1v) is 11.1. The molecule has 3 aromatic rings. The van der Waals surface area contributed by atoms with Crippen LogP contribution < -0.4 is 10.6 Å². The molecule has 0 aliphatic rings. The van der Waals surface area contributed by atoms with Crippen molar-refractivity contribution in [3.63, 3.8) is 0 Å². The molecule has 1 amide bonds. The Morgan fingerprint density at radius 3 is 2.72 bits per heavy atom. The molecule has 0 atom stereocenters. The first-order chi connectivity index (χ1) is 15.5. The van der Waals surface area contributed by atoms with Gasteiger partial charge in [0.15, 0.2) is 4.77 Å². The Kier molecular flexibility index (Phi) is 8.70. The van der Waals surface area contributed by atoms with Gasteiger partial charge in [0.25, 0.3) is 5.91 Å². The maximum absolute atomic E-state index is 12.5. The molecular weight excluding hydrogens is 442 g/mol. The molecule has 32 heavy (non-hydrogen) atoms. The number of aryl methyl sites for hydroxylation is 1. The summed E-state index contributed by atoms with van der Waals surface area (Å²) < 4.78 is 6.00. The number of H-pyrrole nitrogens is 2. The highest BCUT2D eigenvalue weighted by Crippen LogP contribution is 2.22. The summed E-state index contributed by atoms with van der Waals surface area (Å²) in [6, 6.07) is 15.8. The first kappa shape index (κ1) is 23.4. The Morgan fingerprint density at radius 1 is 1.16 bits per heavy atom. The highest BCUT2D eigenvalue weighted by Gasteiger charge is 2.10. The molecule has 9 heteroatoms. The number of rotatable bonds is 10. The summed E-state index contributed by atoms with van der Waals surface area (Å²) in [5.74, 6) is -0.345. The van der Waals surface area contributed by atoms with E-state index in [0.717, 1.165) is 36.2 Å². The van der Waals surface area contributed by atoms with Crippen LogP contribution in [0.4, 0.5) is 11.4 Å². The van der Waals surface area contributed by atoms with Gasteiger partial charge in [-0.15, -0.1) is 0 Å². The minimum absolute atomic E-state index is 0.0644. The predicted octanol–water partition coefficient (Wildman–Crippen LogP) is 5.54. The van der Waals surface area contributed by atoms with Crippen LogP contribution in [0.15, 0.2) is 60.9 Å². The van der Waals surface area contributed by atoms with Crippen LogP contribution in [0.1, 0.15) is 35.1 Å². The molecule has 0 fully saturated rings. The van der Waals surface area contributed by atoms with E-state index in [2.05, 4.69) is 25.6 Å². The number of aromatic amines is 2. The van der Waals surface area contributed by atoms with Crippen LogP contribution in [0.25, 0.3) is 0 Å². The van der Waals surface area contributed by atoms with Gasteiger partial charge in [0.1, 0.15) is 6.61 Å². The number of benzene rings is 2. The monoisotopic (exact) mass is 467 g/mol. The SMILES string of the molecule is CCNc1ccc(NC(=O)c2nc(=S)[nH]c(=S)[nH]2)cc1CC/C=C\OCc1ccccc1. The number of hydrogen-bond acceptors (Lipinski definition) is 6. The zero-order valence-corrected chi connectivity index (χ0v) is 19.3. The molecule has 4 N–H and O–H groups in total. The molecule has 1 aromatic heterocycles. The summed E-state index contributed by atoms with van der Waals surface area (Å²) in [6.07, 6.45) is 5.32. The minimum atomic E-state index is -0.410. The molecule has 0 bridgehead atoms. The highest BCUT2D eigenvalue weighted by atomic mass is 32.1. The van der Waals surface area contributed by atoms with Gasteiger partial charge in [-0.2, -0.15) is 4.98 Å². The topological polar surface area (TPSA) is 94.8 Å². The molecule has 0 saturated carbocycles. The predicted molar refractivity (Wildman–Crippen MR) is 132 cm³/mol. The maximum Gasteiger partial charge on any atom is 0.291 e. The van der Waals surface area contributed by atoms with Crippen molar-refractivity contribution in [1.82, 2.24) is 15.0 Å². The van der Waals surface area contributed by atoms with Crippen molar-refractivity contribution < 1.29 is 9.53 Å². The van der Waals surface area contributed by atoms with Gasteiger partial charge in [0, 0.05) is 17.9 Å². The number of nitrogens with one attached hydrogen (secondary N) is 4. The van der Waals surface area contributed by atoms with Crippen molar-refractivity contribution in [1.29, 1.82) is 0 Å². The zero-order valence-electron chi connectivity index (χ0n) is 17.7. The van der Waals surface area contributed by atoms with Crippen molar-refractivity contribution in [3.8, 4) is 0 Å². The summed E-state index contributed by atoms with van der Waals surface area (Å²) in [5, 5.41) is 6.20. The average molecular weight is 468 g/mol. The fourth-order valence-corrected chi connectivity index (χ4v) is 3.48. The van der Waals surface area contributed by atoms with E-state index in [-0.39, 0.29) is 15.4 Å². The van der Waals surface area contributed by atoms with E-state index in [1.54, 1.807) is 6.26 Å². The average Bonchev–Trinajstić information content (AvgIpc) is 2.78. The lowest BCUT2D eigenvalue weighted by molar-refractivity contribution is 0.101. The third-order valence-electron chi connectivity index (χ3n) is 4.48. The second-order valence-corrected chi connectivity index (χ2v) is 7.70. The van der Waals surface area contributed by atoms with Gasteiger partial charge in [0.2, 0.25) is 10.6 Å². The molecule has 0 radical (unpaired) electrons. The number of anilines is 2. The second-order valence-electron chi connectivity index (χ2n) is 6.91. The molecule has 0 aliphatic heterocycles. The van der Waals surface area contributed by atoms with Crippen LogP contribution in [-0.2, 0) is 17.8 Å². The zero-order chi connectivity index (χ0) is 22.8. The Bertz CT molecular complexity index is 1160. The van der Waals surface area contributed by atoms with Crippen molar-refractivity contribution in [2.24, 2.45) is 0 Å². The Labute approximate surface area is 197 Å². The molecule has 2 aromatic carbocycles. The van der Waals surface area contributed by atoms with E-state index in [9.17, 15) is 4.79 Å². The number of amides is 1. The highest BCUT2D eigenvalue weighted by molar-refractivity contribution is 7.71. The lowest BCUT2D eigenvalue weighted by Crippen LogP contribution is -2.16. The fourth-order valence-electron chi connectivity index (χ4n) is 3.03. The van der Waals surface area contributed by atoms with E-state index in [0.29, 0.717) is 12.3 Å². The first-order valence-electron chi connectivity index (χ1n) is 10.2. The molecule has 0 saturated heterocycles. The number of carbonyl (C=O) groups excluding carboxylic acids is 1. The summed E-state index contributed by atoms with van der Waals surface area (Å²) >= 11 is 10.0. The maximum atomic E-state index is 12.5. The Morgan fingerprint density at radius 2 is 1.97 bits per heavy atom. The summed E-state index contributed by atoms with van der Waals surface area (Å²) in [4.78, 5) is 21.9. The third kappa shape index (κ3) is 7.14. The van der Waals surface area contributed by atoms with E-state index >= 15 is 0 Å². The summed E-state index contributed by atoms with van der Waals surface area (Å²) in [7, 11) is 0. The minimum Gasteiger partial charge on any atom is -0.497 e. The number of ether oxygens (including phenoxy) is 1. The number of aromatic nitrogens is 3. The molecule has 166 valence electrons. The molecule has 3 rings (SSSR count). The van der Waals surface area contributed by atoms with Crippen molar-refractivity contribution >= 4 is 41.7 Å². The number of allylic oxidation sites excluding steroid dienone is 1. The van der Waals surface area contributed by atoms with Crippen molar-refractivity contribution in [2.45, 2.75) is 26.4 Å². The lowest BCUT2D eigenvalue weighted by Gasteiger charge is -2.13. The molecule has 0 unspecified atom stereocenters. The molecular formula is C23H25N5O2S2. The standard InChI is InChI=1S/C23H25N5O2S2/c1-2-24-19-12-11-18(25-21(29)20-26-22(31)28-23(32)27-20)14-17(19)10-6-7-13-30-15-16-8-4-3-5-9-16/h3-5,7-9,11-14,24H,2,6,10,15H2,1H3,(H,25,29)(H2,26,27,28,31,32)/b13-7-. The number of carbonyl (C=O) groups is 1. The van der Waals surface area contributed by atoms with Gasteiger partial charge in [0.05, 0.1) is 6.26 Å². The van der Waals surface area contributed by atoms with Gasteiger partial charge < -0.3 is 25.3 Å².